The van der Waals surface area contributed by atoms with Crippen LogP contribution in [-0.2, 0) is 0 Å². The normalized spacial score (nSPS) is 34.7. The summed E-state index contributed by atoms with van der Waals surface area (Å²) in [4.78, 5) is 5.26. The number of nitrogens with zero attached hydrogens (tertiary/aromatic N) is 2. The van der Waals surface area contributed by atoms with Crippen LogP contribution in [-0.4, -0.2) is 47.6 Å². The molecule has 0 aliphatic carbocycles. The van der Waals surface area contributed by atoms with E-state index < -0.39 is 0 Å². The molecule has 3 unspecified atom stereocenters. The Kier molecular flexibility index (Phi) is 3.33. The molecule has 0 saturated carbocycles. The largest absolute Gasteiger partial charge is 0.298 e. The molecule has 0 amide bonds. The van der Waals surface area contributed by atoms with Crippen molar-refractivity contribution in [2.45, 2.75) is 51.2 Å². The molecule has 2 nitrogen and oxygen atoms in total. The number of fused-ring (bicyclic) bond motifs is 1. The molecule has 2 heteroatoms. The summed E-state index contributed by atoms with van der Waals surface area (Å²) in [6.07, 6.45) is 9.05. The van der Waals surface area contributed by atoms with Gasteiger partial charge in [-0.1, -0.05) is 0 Å². The van der Waals surface area contributed by atoms with E-state index in [0.29, 0.717) is 12.1 Å². The van der Waals surface area contributed by atoms with Crippen molar-refractivity contribution in [2.75, 3.05) is 19.6 Å². The van der Waals surface area contributed by atoms with Gasteiger partial charge in [-0.25, -0.2) is 0 Å². The summed E-state index contributed by atoms with van der Waals surface area (Å²) in [6.45, 7) is 8.37. The zero-order chi connectivity index (χ0) is 10.8. The summed E-state index contributed by atoms with van der Waals surface area (Å²) in [6, 6.07) is 2.02. The van der Waals surface area contributed by atoms with E-state index in [2.05, 4.69) is 29.6 Å². The summed E-state index contributed by atoms with van der Waals surface area (Å²) < 4.78 is 0. The first-order valence-corrected chi connectivity index (χ1v) is 6.15. The highest BCUT2D eigenvalue weighted by Crippen LogP contribution is 2.26. The van der Waals surface area contributed by atoms with Gasteiger partial charge >= 0.3 is 0 Å². The molecule has 2 heterocycles. The van der Waals surface area contributed by atoms with E-state index in [1.807, 2.05) is 0 Å². The Labute approximate surface area is 93.6 Å². The number of terminal acetylenes is 1. The van der Waals surface area contributed by atoms with E-state index in [0.717, 1.165) is 12.5 Å². The molecule has 15 heavy (non-hydrogen) atoms. The molecule has 2 rings (SSSR count). The van der Waals surface area contributed by atoms with Gasteiger partial charge in [0.2, 0.25) is 0 Å². The number of piperazine rings is 1. The van der Waals surface area contributed by atoms with E-state index >= 15 is 0 Å². The van der Waals surface area contributed by atoms with Crippen molar-refractivity contribution in [3.8, 4) is 12.3 Å². The predicted octanol–water partition coefficient (Wildman–Crippen LogP) is 1.57. The fourth-order valence-corrected chi connectivity index (χ4v) is 3.11. The Morgan fingerprint density at radius 3 is 3.00 bits per heavy atom. The van der Waals surface area contributed by atoms with Crippen LogP contribution < -0.4 is 0 Å². The van der Waals surface area contributed by atoms with E-state index in [9.17, 15) is 0 Å². The topological polar surface area (TPSA) is 6.48 Å². The van der Waals surface area contributed by atoms with Gasteiger partial charge in [0.1, 0.15) is 0 Å². The van der Waals surface area contributed by atoms with Gasteiger partial charge in [0.15, 0.2) is 0 Å². The molecule has 2 aliphatic rings. The van der Waals surface area contributed by atoms with Crippen LogP contribution in [0.4, 0.5) is 0 Å². The summed E-state index contributed by atoms with van der Waals surface area (Å²) in [5.41, 5.74) is 0. The maximum atomic E-state index is 5.40. The van der Waals surface area contributed by atoms with E-state index in [1.165, 1.54) is 32.5 Å². The molecule has 3 atom stereocenters. The quantitative estimate of drug-likeness (QED) is 0.633. The van der Waals surface area contributed by atoms with Crippen LogP contribution in [0.15, 0.2) is 0 Å². The standard InChI is InChI=1S/C13H22N2/c1-4-6-11(2)15-10-13-7-5-8-14(13)9-12(15)3/h1,11-13H,5-10H2,2-3H3. The zero-order valence-corrected chi connectivity index (χ0v) is 9.95. The highest BCUT2D eigenvalue weighted by Gasteiger charge is 2.35. The second kappa shape index (κ2) is 4.55. The molecule has 0 spiro atoms. The lowest BCUT2D eigenvalue weighted by Crippen LogP contribution is -2.57. The molecular formula is C13H22N2. The first-order chi connectivity index (χ1) is 7.22. The Balaban J connectivity index is 1.98. The Morgan fingerprint density at radius 1 is 1.47 bits per heavy atom. The number of rotatable bonds is 2. The third-order valence-corrected chi connectivity index (χ3v) is 3.96. The van der Waals surface area contributed by atoms with Crippen LogP contribution in [0.25, 0.3) is 0 Å². The van der Waals surface area contributed by atoms with Crippen molar-refractivity contribution in [2.24, 2.45) is 0 Å². The molecule has 0 aromatic heterocycles. The van der Waals surface area contributed by atoms with Gasteiger partial charge in [0.05, 0.1) is 0 Å². The summed E-state index contributed by atoms with van der Waals surface area (Å²) in [5, 5.41) is 0. The van der Waals surface area contributed by atoms with Gasteiger partial charge in [-0.15, -0.1) is 12.3 Å². The SMILES string of the molecule is C#CCC(C)N1CC2CCCN2CC1C. The Bertz CT molecular complexity index is 256. The smallest absolute Gasteiger partial charge is 0.0240 e. The van der Waals surface area contributed by atoms with Crippen LogP contribution in [0.5, 0.6) is 0 Å². The van der Waals surface area contributed by atoms with E-state index in [4.69, 9.17) is 6.42 Å². The minimum absolute atomic E-state index is 0.549. The van der Waals surface area contributed by atoms with Crippen molar-refractivity contribution in [1.29, 1.82) is 0 Å². The molecule has 0 bridgehead atoms. The van der Waals surface area contributed by atoms with Gasteiger partial charge in [-0.2, -0.15) is 0 Å². The lowest BCUT2D eigenvalue weighted by Gasteiger charge is -2.44. The second-order valence-corrected chi connectivity index (χ2v) is 5.09. The van der Waals surface area contributed by atoms with Crippen molar-refractivity contribution in [1.82, 2.24) is 9.80 Å². The van der Waals surface area contributed by atoms with Crippen LogP contribution in [0.1, 0.15) is 33.1 Å². The summed E-state index contributed by atoms with van der Waals surface area (Å²) >= 11 is 0. The molecular weight excluding hydrogens is 184 g/mol. The molecule has 0 N–H and O–H groups in total. The van der Waals surface area contributed by atoms with E-state index in [-0.39, 0.29) is 0 Å². The van der Waals surface area contributed by atoms with Crippen molar-refractivity contribution in [3.63, 3.8) is 0 Å². The molecule has 0 aromatic carbocycles. The minimum atomic E-state index is 0.549. The maximum Gasteiger partial charge on any atom is 0.0240 e. The van der Waals surface area contributed by atoms with Gasteiger partial charge in [-0.3, -0.25) is 9.80 Å². The van der Waals surface area contributed by atoms with E-state index in [1.54, 1.807) is 0 Å². The Morgan fingerprint density at radius 2 is 2.27 bits per heavy atom. The summed E-state index contributed by atoms with van der Waals surface area (Å²) in [7, 11) is 0. The average Bonchev–Trinajstić information content (AvgIpc) is 2.63. The lowest BCUT2D eigenvalue weighted by molar-refractivity contribution is 0.0345. The second-order valence-electron chi connectivity index (χ2n) is 5.09. The minimum Gasteiger partial charge on any atom is -0.298 e. The highest BCUT2D eigenvalue weighted by molar-refractivity contribution is 4.96. The summed E-state index contributed by atoms with van der Waals surface area (Å²) in [5.74, 6) is 2.79. The van der Waals surface area contributed by atoms with Crippen molar-refractivity contribution < 1.29 is 0 Å². The van der Waals surface area contributed by atoms with Crippen LogP contribution in [0, 0.1) is 12.3 Å². The van der Waals surface area contributed by atoms with Gasteiger partial charge < -0.3 is 0 Å². The molecule has 0 radical (unpaired) electrons. The first kappa shape index (κ1) is 11.0. The molecule has 2 saturated heterocycles. The number of hydrogen-bond acceptors (Lipinski definition) is 2. The van der Waals surface area contributed by atoms with Crippen molar-refractivity contribution >= 4 is 0 Å². The Hall–Kier alpha value is -0.520. The van der Waals surface area contributed by atoms with Gasteiger partial charge in [0, 0.05) is 37.6 Å². The first-order valence-electron chi connectivity index (χ1n) is 6.15. The fourth-order valence-electron chi connectivity index (χ4n) is 3.11. The third kappa shape index (κ3) is 2.19. The average molecular weight is 206 g/mol. The van der Waals surface area contributed by atoms with Gasteiger partial charge in [0.25, 0.3) is 0 Å². The number of hydrogen-bond donors (Lipinski definition) is 0. The van der Waals surface area contributed by atoms with Gasteiger partial charge in [-0.05, 0) is 33.2 Å². The van der Waals surface area contributed by atoms with Crippen LogP contribution >= 0.6 is 0 Å². The van der Waals surface area contributed by atoms with Crippen molar-refractivity contribution in [3.05, 3.63) is 0 Å². The fraction of sp³-hybridized carbons (Fsp3) is 0.846. The molecule has 2 aliphatic heterocycles. The highest BCUT2D eigenvalue weighted by atomic mass is 15.3. The predicted molar refractivity (Wildman–Crippen MR) is 63.7 cm³/mol. The molecule has 0 aromatic rings. The van der Waals surface area contributed by atoms with Crippen LogP contribution in [0.3, 0.4) is 0 Å². The third-order valence-electron chi connectivity index (χ3n) is 3.96. The maximum absolute atomic E-state index is 5.40. The zero-order valence-electron chi connectivity index (χ0n) is 9.95. The van der Waals surface area contributed by atoms with Crippen LogP contribution in [0.2, 0.25) is 0 Å². The molecule has 2 fully saturated rings. The molecule has 84 valence electrons. The lowest BCUT2D eigenvalue weighted by atomic mass is 10.0. The monoisotopic (exact) mass is 206 g/mol.